The molecule has 0 amide bonds. The first-order chi connectivity index (χ1) is 9.97. The molecule has 3 nitrogen and oxygen atoms in total. The minimum atomic E-state index is 0.388. The molecular weight excluding hydrogens is 260 g/mol. The van der Waals surface area contributed by atoms with E-state index in [0.29, 0.717) is 23.9 Å². The lowest BCUT2D eigenvalue weighted by Gasteiger charge is -2.36. The molecule has 1 aromatic carbocycles. The summed E-state index contributed by atoms with van der Waals surface area (Å²) in [5.74, 6) is 2.24. The van der Waals surface area contributed by atoms with Gasteiger partial charge in [0, 0.05) is 30.1 Å². The molecule has 0 spiro atoms. The van der Waals surface area contributed by atoms with Crippen molar-refractivity contribution in [3.63, 3.8) is 0 Å². The molecule has 1 aliphatic heterocycles. The Kier molecular flexibility index (Phi) is 5.65. The summed E-state index contributed by atoms with van der Waals surface area (Å²) >= 11 is 0. The summed E-state index contributed by atoms with van der Waals surface area (Å²) in [4.78, 5) is 2.27. The lowest BCUT2D eigenvalue weighted by molar-refractivity contribution is 0.169. The van der Waals surface area contributed by atoms with Crippen molar-refractivity contribution in [3.05, 3.63) is 29.8 Å². The third-order valence-corrected chi connectivity index (χ3v) is 4.08. The van der Waals surface area contributed by atoms with Gasteiger partial charge < -0.3 is 15.0 Å². The van der Waals surface area contributed by atoms with Gasteiger partial charge in [0.15, 0.2) is 0 Å². The number of fused-ring (bicyclic) bond motifs is 1. The molecule has 0 saturated carbocycles. The zero-order chi connectivity index (χ0) is 15.4. The van der Waals surface area contributed by atoms with Crippen molar-refractivity contribution in [3.8, 4) is 5.75 Å². The second-order valence-electron chi connectivity index (χ2n) is 7.06. The molecule has 118 valence electrons. The van der Waals surface area contributed by atoms with Gasteiger partial charge in [-0.1, -0.05) is 39.0 Å². The maximum absolute atomic E-state index is 5.86. The summed E-state index contributed by atoms with van der Waals surface area (Å²) in [5.41, 5.74) is 1.31. The third kappa shape index (κ3) is 4.45. The Morgan fingerprint density at radius 3 is 2.67 bits per heavy atom. The van der Waals surface area contributed by atoms with Crippen LogP contribution >= 0.6 is 0 Å². The van der Waals surface area contributed by atoms with Gasteiger partial charge in [0.1, 0.15) is 5.75 Å². The fourth-order valence-electron chi connectivity index (χ4n) is 3.21. The Morgan fingerprint density at radius 1 is 1.29 bits per heavy atom. The highest BCUT2D eigenvalue weighted by molar-refractivity contribution is 5.38. The van der Waals surface area contributed by atoms with Crippen molar-refractivity contribution in [2.45, 2.75) is 39.3 Å². The van der Waals surface area contributed by atoms with Crippen molar-refractivity contribution in [2.24, 2.45) is 11.8 Å². The van der Waals surface area contributed by atoms with Crippen LogP contribution in [0.3, 0.4) is 0 Å². The van der Waals surface area contributed by atoms with Crippen LogP contribution in [0.5, 0.6) is 5.75 Å². The SMILES string of the molecule is CC(C)CC(CN(C)C)NC1c2ccccc2OCC1C. The summed E-state index contributed by atoms with van der Waals surface area (Å²) in [6.45, 7) is 8.74. The van der Waals surface area contributed by atoms with E-state index in [9.17, 15) is 0 Å². The first kappa shape index (κ1) is 16.3. The zero-order valence-corrected chi connectivity index (χ0v) is 14.1. The van der Waals surface area contributed by atoms with Gasteiger partial charge in [-0.2, -0.15) is 0 Å². The monoisotopic (exact) mass is 290 g/mol. The molecule has 1 N–H and O–H groups in total. The van der Waals surface area contributed by atoms with Crippen LogP contribution in [0.15, 0.2) is 24.3 Å². The van der Waals surface area contributed by atoms with Crippen LogP contribution in [-0.2, 0) is 0 Å². The van der Waals surface area contributed by atoms with Crippen LogP contribution in [-0.4, -0.2) is 38.2 Å². The van der Waals surface area contributed by atoms with E-state index in [1.807, 2.05) is 0 Å². The lowest BCUT2D eigenvalue weighted by Crippen LogP contribution is -2.45. The molecule has 3 atom stereocenters. The highest BCUT2D eigenvalue weighted by atomic mass is 16.5. The molecule has 0 radical (unpaired) electrons. The number of likely N-dealkylation sites (N-methyl/N-ethyl adjacent to an activating group) is 1. The van der Waals surface area contributed by atoms with E-state index in [1.54, 1.807) is 0 Å². The van der Waals surface area contributed by atoms with Crippen LogP contribution in [0.1, 0.15) is 38.8 Å². The van der Waals surface area contributed by atoms with E-state index in [2.05, 4.69) is 69.3 Å². The fourth-order valence-corrected chi connectivity index (χ4v) is 3.21. The maximum atomic E-state index is 5.86. The summed E-state index contributed by atoms with van der Waals surface area (Å²) in [6, 6.07) is 9.34. The minimum Gasteiger partial charge on any atom is -0.493 e. The smallest absolute Gasteiger partial charge is 0.124 e. The highest BCUT2D eigenvalue weighted by Gasteiger charge is 2.29. The molecule has 3 unspecified atom stereocenters. The van der Waals surface area contributed by atoms with E-state index in [-0.39, 0.29) is 0 Å². The van der Waals surface area contributed by atoms with Crippen LogP contribution in [0, 0.1) is 11.8 Å². The summed E-state index contributed by atoms with van der Waals surface area (Å²) in [6.07, 6.45) is 1.20. The molecule has 0 bridgehead atoms. The van der Waals surface area contributed by atoms with Crippen LogP contribution in [0.2, 0.25) is 0 Å². The van der Waals surface area contributed by atoms with Crippen LogP contribution < -0.4 is 10.1 Å². The van der Waals surface area contributed by atoms with Gasteiger partial charge in [0.25, 0.3) is 0 Å². The largest absolute Gasteiger partial charge is 0.493 e. The van der Waals surface area contributed by atoms with Crippen molar-refractivity contribution in [2.75, 3.05) is 27.2 Å². The first-order valence-corrected chi connectivity index (χ1v) is 8.10. The molecule has 0 aliphatic carbocycles. The van der Waals surface area contributed by atoms with Gasteiger partial charge >= 0.3 is 0 Å². The van der Waals surface area contributed by atoms with Crippen molar-refractivity contribution >= 4 is 0 Å². The van der Waals surface area contributed by atoms with Gasteiger partial charge in [-0.05, 0) is 32.5 Å². The standard InChI is InChI=1S/C18H30N2O/c1-13(2)10-15(11-20(4)5)19-18-14(3)12-21-17-9-7-6-8-16(17)18/h6-9,13-15,18-19H,10-12H2,1-5H3. The predicted octanol–water partition coefficient (Wildman–Crippen LogP) is 3.32. The molecule has 1 aliphatic rings. The normalized spacial score (nSPS) is 23.0. The number of para-hydroxylation sites is 1. The predicted molar refractivity (Wildman–Crippen MR) is 88.8 cm³/mol. The Morgan fingerprint density at radius 2 is 2.00 bits per heavy atom. The number of nitrogens with zero attached hydrogens (tertiary/aromatic N) is 1. The number of nitrogens with one attached hydrogen (secondary N) is 1. The van der Waals surface area contributed by atoms with Crippen LogP contribution in [0.4, 0.5) is 0 Å². The molecule has 0 aromatic heterocycles. The minimum absolute atomic E-state index is 0.388. The third-order valence-electron chi connectivity index (χ3n) is 4.08. The Hall–Kier alpha value is -1.06. The topological polar surface area (TPSA) is 24.5 Å². The molecule has 1 heterocycles. The Bertz CT molecular complexity index is 435. The number of hydrogen-bond donors (Lipinski definition) is 1. The van der Waals surface area contributed by atoms with Crippen molar-refractivity contribution in [1.29, 1.82) is 0 Å². The second-order valence-corrected chi connectivity index (χ2v) is 7.06. The van der Waals surface area contributed by atoms with Crippen molar-refractivity contribution in [1.82, 2.24) is 10.2 Å². The number of ether oxygens (including phenoxy) is 1. The van der Waals surface area contributed by atoms with Crippen molar-refractivity contribution < 1.29 is 4.74 Å². The number of rotatable bonds is 6. The molecule has 21 heavy (non-hydrogen) atoms. The molecule has 2 rings (SSSR count). The Balaban J connectivity index is 2.14. The summed E-state index contributed by atoms with van der Waals surface area (Å²) in [7, 11) is 4.30. The molecular formula is C18H30N2O. The molecule has 1 aromatic rings. The van der Waals surface area contributed by atoms with E-state index in [4.69, 9.17) is 4.74 Å². The quantitative estimate of drug-likeness (QED) is 0.870. The second kappa shape index (κ2) is 7.28. The summed E-state index contributed by atoms with van der Waals surface area (Å²) < 4.78 is 5.86. The average Bonchev–Trinajstić information content (AvgIpc) is 2.40. The van der Waals surface area contributed by atoms with Gasteiger partial charge in [-0.15, -0.1) is 0 Å². The molecule has 0 fully saturated rings. The molecule has 0 saturated heterocycles. The first-order valence-electron chi connectivity index (χ1n) is 8.10. The Labute approximate surface area is 129 Å². The van der Waals surface area contributed by atoms with Gasteiger partial charge in [-0.3, -0.25) is 0 Å². The lowest BCUT2D eigenvalue weighted by atomic mass is 9.90. The highest BCUT2D eigenvalue weighted by Crippen LogP contribution is 2.35. The number of benzene rings is 1. The molecule has 3 heteroatoms. The number of hydrogen-bond acceptors (Lipinski definition) is 3. The zero-order valence-electron chi connectivity index (χ0n) is 14.1. The van der Waals surface area contributed by atoms with Gasteiger partial charge in [0.2, 0.25) is 0 Å². The van der Waals surface area contributed by atoms with Gasteiger partial charge in [-0.25, -0.2) is 0 Å². The van der Waals surface area contributed by atoms with E-state index in [1.165, 1.54) is 12.0 Å². The van der Waals surface area contributed by atoms with Crippen LogP contribution in [0.25, 0.3) is 0 Å². The van der Waals surface area contributed by atoms with E-state index < -0.39 is 0 Å². The fraction of sp³-hybridized carbons (Fsp3) is 0.667. The van der Waals surface area contributed by atoms with E-state index >= 15 is 0 Å². The van der Waals surface area contributed by atoms with Gasteiger partial charge in [0.05, 0.1) is 6.61 Å². The van der Waals surface area contributed by atoms with E-state index in [0.717, 1.165) is 18.9 Å². The maximum Gasteiger partial charge on any atom is 0.124 e. The summed E-state index contributed by atoms with van der Waals surface area (Å²) in [5, 5.41) is 3.90. The average molecular weight is 290 g/mol.